The van der Waals surface area contributed by atoms with Crippen molar-refractivity contribution in [2.24, 2.45) is 0 Å². The molecule has 2 aliphatic rings. The molecule has 1 N–H and O–H groups in total. The van der Waals surface area contributed by atoms with E-state index < -0.39 is 0 Å². The van der Waals surface area contributed by atoms with Gasteiger partial charge in [0.15, 0.2) is 5.69 Å². The Hall–Kier alpha value is -1.60. The molecular formula is C18H21Cl2N5O. The minimum absolute atomic E-state index is 0.0126. The molecule has 0 radical (unpaired) electrons. The van der Waals surface area contributed by atoms with Crippen LogP contribution in [0.15, 0.2) is 30.5 Å². The van der Waals surface area contributed by atoms with Gasteiger partial charge in [0.05, 0.1) is 15.7 Å². The Balaban J connectivity index is 1.44. The van der Waals surface area contributed by atoms with Crippen LogP contribution in [0.3, 0.4) is 0 Å². The summed E-state index contributed by atoms with van der Waals surface area (Å²) in [5, 5.41) is 8.76. The van der Waals surface area contributed by atoms with Gasteiger partial charge in [0.1, 0.15) is 0 Å². The van der Waals surface area contributed by atoms with E-state index in [1.165, 1.54) is 0 Å². The van der Waals surface area contributed by atoms with Crippen molar-refractivity contribution < 1.29 is 4.79 Å². The quantitative estimate of drug-likeness (QED) is 0.868. The first-order chi connectivity index (χ1) is 12.6. The van der Waals surface area contributed by atoms with Gasteiger partial charge in [-0.05, 0) is 30.7 Å². The second-order valence-corrected chi connectivity index (χ2v) is 7.54. The van der Waals surface area contributed by atoms with Crippen molar-refractivity contribution >= 4 is 29.1 Å². The number of hydrogen-bond acceptors (Lipinski definition) is 4. The van der Waals surface area contributed by atoms with Gasteiger partial charge in [0.25, 0.3) is 5.91 Å². The number of rotatable bonds is 3. The summed E-state index contributed by atoms with van der Waals surface area (Å²) in [5.74, 6) is -0.0126. The van der Waals surface area contributed by atoms with Gasteiger partial charge in [-0.1, -0.05) is 23.2 Å². The summed E-state index contributed by atoms with van der Waals surface area (Å²) < 4.78 is 1.65. The lowest BCUT2D eigenvalue weighted by molar-refractivity contribution is 0.0767. The van der Waals surface area contributed by atoms with Gasteiger partial charge in [-0.15, -0.1) is 0 Å². The lowest BCUT2D eigenvalue weighted by Crippen LogP contribution is -2.49. The molecule has 2 aliphatic heterocycles. The molecule has 6 nitrogen and oxygen atoms in total. The molecule has 0 bridgehead atoms. The Morgan fingerprint density at radius 1 is 1.12 bits per heavy atom. The van der Waals surface area contributed by atoms with Crippen molar-refractivity contribution in [2.75, 3.05) is 39.3 Å². The summed E-state index contributed by atoms with van der Waals surface area (Å²) in [4.78, 5) is 17.2. The number of aromatic nitrogens is 2. The zero-order valence-electron chi connectivity index (χ0n) is 14.4. The van der Waals surface area contributed by atoms with E-state index >= 15 is 0 Å². The monoisotopic (exact) mass is 393 g/mol. The Labute approximate surface area is 162 Å². The second-order valence-electron chi connectivity index (χ2n) is 6.72. The maximum absolute atomic E-state index is 12.8. The van der Waals surface area contributed by atoms with Crippen LogP contribution in [-0.2, 0) is 0 Å². The van der Waals surface area contributed by atoms with Crippen LogP contribution in [0.1, 0.15) is 16.9 Å². The van der Waals surface area contributed by atoms with E-state index in [-0.39, 0.29) is 5.91 Å². The molecule has 138 valence electrons. The molecule has 1 aromatic carbocycles. The average molecular weight is 394 g/mol. The Bertz CT molecular complexity index is 803. The van der Waals surface area contributed by atoms with Crippen LogP contribution in [0.2, 0.25) is 10.0 Å². The van der Waals surface area contributed by atoms with Crippen molar-refractivity contribution in [1.29, 1.82) is 0 Å². The smallest absolute Gasteiger partial charge is 0.274 e. The van der Waals surface area contributed by atoms with Gasteiger partial charge >= 0.3 is 0 Å². The SMILES string of the molecule is O=C(c1ccn(-c2ccc(Cl)c(Cl)c2)n1)N1CCC(N2CCNCC2)C1. The van der Waals surface area contributed by atoms with E-state index in [9.17, 15) is 4.79 Å². The molecule has 26 heavy (non-hydrogen) atoms. The molecule has 0 spiro atoms. The third kappa shape index (κ3) is 3.60. The van der Waals surface area contributed by atoms with Gasteiger partial charge in [-0.2, -0.15) is 5.10 Å². The molecule has 1 amide bonds. The molecule has 0 aliphatic carbocycles. The van der Waals surface area contributed by atoms with Crippen LogP contribution in [-0.4, -0.2) is 70.8 Å². The number of benzene rings is 1. The lowest BCUT2D eigenvalue weighted by Gasteiger charge is -2.32. The van der Waals surface area contributed by atoms with Crippen molar-refractivity contribution in [1.82, 2.24) is 24.9 Å². The summed E-state index contributed by atoms with van der Waals surface area (Å²) >= 11 is 12.0. The van der Waals surface area contributed by atoms with E-state index in [1.54, 1.807) is 29.1 Å². The maximum Gasteiger partial charge on any atom is 0.274 e. The number of halogens is 2. The van der Waals surface area contributed by atoms with Gasteiger partial charge < -0.3 is 10.2 Å². The Morgan fingerprint density at radius 3 is 2.69 bits per heavy atom. The zero-order valence-corrected chi connectivity index (χ0v) is 15.9. The van der Waals surface area contributed by atoms with Gasteiger partial charge in [-0.25, -0.2) is 4.68 Å². The number of likely N-dealkylation sites (tertiary alicyclic amines) is 1. The molecule has 3 heterocycles. The lowest BCUT2D eigenvalue weighted by atomic mass is 10.2. The van der Waals surface area contributed by atoms with Crippen LogP contribution < -0.4 is 5.32 Å². The number of nitrogens with zero attached hydrogens (tertiary/aromatic N) is 4. The minimum Gasteiger partial charge on any atom is -0.336 e. The normalized spacial score (nSPS) is 21.3. The molecule has 8 heteroatoms. The number of carbonyl (C=O) groups is 1. The number of carbonyl (C=O) groups excluding carboxylic acids is 1. The van der Waals surface area contributed by atoms with Crippen molar-refractivity contribution in [3.05, 3.63) is 46.2 Å². The standard InChI is InChI=1S/C18H21Cl2N5O/c19-15-2-1-13(11-16(15)20)25-8-4-17(22-25)18(26)24-7-3-14(12-24)23-9-5-21-6-10-23/h1-2,4,8,11,14,21H,3,5-7,9-10,12H2. The fourth-order valence-corrected chi connectivity index (χ4v) is 3.94. The van der Waals surface area contributed by atoms with E-state index in [1.807, 2.05) is 11.0 Å². The molecule has 4 rings (SSSR count). The summed E-state index contributed by atoms with van der Waals surface area (Å²) in [6, 6.07) is 7.50. The molecule has 1 atom stereocenters. The molecular weight excluding hydrogens is 373 g/mol. The molecule has 1 unspecified atom stereocenters. The fourth-order valence-electron chi connectivity index (χ4n) is 3.64. The highest BCUT2D eigenvalue weighted by Gasteiger charge is 2.32. The molecule has 2 aromatic rings. The summed E-state index contributed by atoms with van der Waals surface area (Å²) in [6.45, 7) is 5.72. The highest BCUT2D eigenvalue weighted by atomic mass is 35.5. The van der Waals surface area contributed by atoms with E-state index in [4.69, 9.17) is 23.2 Å². The maximum atomic E-state index is 12.8. The third-order valence-electron chi connectivity index (χ3n) is 5.09. The third-order valence-corrected chi connectivity index (χ3v) is 5.83. The van der Waals surface area contributed by atoms with Crippen LogP contribution in [0.5, 0.6) is 0 Å². The number of piperazine rings is 1. The second kappa shape index (κ2) is 7.56. The largest absolute Gasteiger partial charge is 0.336 e. The number of amides is 1. The summed E-state index contributed by atoms with van der Waals surface area (Å²) in [5.41, 5.74) is 1.23. The van der Waals surface area contributed by atoms with Crippen LogP contribution in [0.25, 0.3) is 5.69 Å². The number of nitrogens with one attached hydrogen (secondary N) is 1. The van der Waals surface area contributed by atoms with Crippen LogP contribution >= 0.6 is 23.2 Å². The van der Waals surface area contributed by atoms with Crippen molar-refractivity contribution in [2.45, 2.75) is 12.5 Å². The Morgan fingerprint density at radius 2 is 1.92 bits per heavy atom. The first-order valence-electron chi connectivity index (χ1n) is 8.87. The first-order valence-corrected chi connectivity index (χ1v) is 9.62. The average Bonchev–Trinajstić information content (AvgIpc) is 3.34. The minimum atomic E-state index is -0.0126. The topological polar surface area (TPSA) is 53.4 Å². The predicted octanol–water partition coefficient (Wildman–Crippen LogP) is 2.30. The highest BCUT2D eigenvalue weighted by Crippen LogP contribution is 2.24. The Kier molecular flexibility index (Phi) is 5.18. The first kappa shape index (κ1) is 17.8. The summed E-state index contributed by atoms with van der Waals surface area (Å²) in [7, 11) is 0. The molecule has 1 aromatic heterocycles. The van der Waals surface area contributed by atoms with Crippen molar-refractivity contribution in [3.63, 3.8) is 0 Å². The van der Waals surface area contributed by atoms with Gasteiger partial charge in [0.2, 0.25) is 0 Å². The van der Waals surface area contributed by atoms with E-state index in [0.29, 0.717) is 21.8 Å². The van der Waals surface area contributed by atoms with E-state index in [2.05, 4.69) is 15.3 Å². The van der Waals surface area contributed by atoms with E-state index in [0.717, 1.165) is 51.4 Å². The molecule has 0 saturated carbocycles. The number of hydrogen-bond donors (Lipinski definition) is 1. The van der Waals surface area contributed by atoms with Gasteiger partial charge in [-0.3, -0.25) is 9.69 Å². The zero-order chi connectivity index (χ0) is 18.1. The van der Waals surface area contributed by atoms with Gasteiger partial charge in [0, 0.05) is 51.5 Å². The predicted molar refractivity (Wildman–Crippen MR) is 102 cm³/mol. The van der Waals surface area contributed by atoms with Crippen molar-refractivity contribution in [3.8, 4) is 5.69 Å². The summed E-state index contributed by atoms with van der Waals surface area (Å²) in [6.07, 6.45) is 2.80. The fraction of sp³-hybridized carbons (Fsp3) is 0.444. The van der Waals surface area contributed by atoms with Crippen LogP contribution in [0, 0.1) is 0 Å². The molecule has 2 saturated heterocycles. The van der Waals surface area contributed by atoms with Crippen LogP contribution in [0.4, 0.5) is 0 Å². The highest BCUT2D eigenvalue weighted by molar-refractivity contribution is 6.42. The molecule has 2 fully saturated rings.